The Morgan fingerprint density at radius 1 is 1.18 bits per heavy atom. The van der Waals surface area contributed by atoms with Gasteiger partial charge in [0.25, 0.3) is 0 Å². The maximum absolute atomic E-state index is 12.1. The molecule has 1 amide bonds. The number of nitrogens with one attached hydrogen (secondary N) is 3. The van der Waals surface area contributed by atoms with Crippen LogP contribution in [0.15, 0.2) is 42.6 Å². The topological polar surface area (TPSA) is 104 Å². The van der Waals surface area contributed by atoms with Crippen molar-refractivity contribution >= 4 is 32.8 Å². The maximum atomic E-state index is 12.1. The van der Waals surface area contributed by atoms with Gasteiger partial charge in [-0.15, -0.1) is 0 Å². The summed E-state index contributed by atoms with van der Waals surface area (Å²) in [7, 11) is -1.88. The lowest BCUT2D eigenvalue weighted by molar-refractivity contribution is -0.117. The third kappa shape index (κ3) is 4.23. The zero-order chi connectivity index (χ0) is 19.7. The molecule has 2 heterocycles. The van der Waals surface area contributed by atoms with Gasteiger partial charge in [-0.05, 0) is 55.1 Å². The number of fused-ring (bicyclic) bond motifs is 1. The number of rotatable bonds is 7. The number of aromatic amines is 1. The molecule has 1 fully saturated rings. The van der Waals surface area contributed by atoms with Crippen LogP contribution < -0.4 is 10.0 Å². The van der Waals surface area contributed by atoms with Crippen LogP contribution in [-0.2, 0) is 27.0 Å². The second kappa shape index (κ2) is 7.37. The van der Waals surface area contributed by atoms with Crippen LogP contribution in [0.4, 0.5) is 5.82 Å². The molecule has 8 heteroatoms. The number of carbonyl (C=O) groups excluding carboxylic acids is 1. The summed E-state index contributed by atoms with van der Waals surface area (Å²) in [5, 5.41) is 3.92. The molecular formula is C20H22N4O3S. The summed E-state index contributed by atoms with van der Waals surface area (Å²) in [5.74, 6) is 0.655. The number of sulfonamides is 1. The van der Waals surface area contributed by atoms with E-state index in [0.29, 0.717) is 12.2 Å². The Morgan fingerprint density at radius 3 is 2.57 bits per heavy atom. The molecule has 0 radical (unpaired) electrons. The molecule has 0 spiro atoms. The molecule has 0 saturated heterocycles. The van der Waals surface area contributed by atoms with Gasteiger partial charge in [0.2, 0.25) is 15.9 Å². The van der Waals surface area contributed by atoms with E-state index in [4.69, 9.17) is 0 Å². The van der Waals surface area contributed by atoms with Gasteiger partial charge in [-0.25, -0.2) is 18.1 Å². The Morgan fingerprint density at radius 2 is 1.89 bits per heavy atom. The van der Waals surface area contributed by atoms with Crippen molar-refractivity contribution in [3.63, 3.8) is 0 Å². The molecule has 0 bridgehead atoms. The smallest absolute Gasteiger partial charge is 0.228 e. The van der Waals surface area contributed by atoms with Crippen LogP contribution in [0, 0.1) is 5.92 Å². The van der Waals surface area contributed by atoms with Crippen molar-refractivity contribution in [3.8, 4) is 0 Å². The minimum Gasteiger partial charge on any atom is -0.346 e. The lowest BCUT2D eigenvalue weighted by Crippen LogP contribution is -2.20. The molecule has 2 aromatic heterocycles. The Labute approximate surface area is 163 Å². The highest BCUT2D eigenvalue weighted by molar-refractivity contribution is 7.88. The largest absolute Gasteiger partial charge is 0.346 e. The van der Waals surface area contributed by atoms with Gasteiger partial charge in [-0.2, -0.15) is 0 Å². The molecular weight excluding hydrogens is 376 g/mol. The number of carbonyl (C=O) groups is 1. The van der Waals surface area contributed by atoms with E-state index in [1.165, 1.54) is 7.05 Å². The monoisotopic (exact) mass is 398 g/mol. The van der Waals surface area contributed by atoms with Crippen molar-refractivity contribution in [1.82, 2.24) is 14.7 Å². The van der Waals surface area contributed by atoms with Gasteiger partial charge >= 0.3 is 0 Å². The number of hydrogen-bond donors (Lipinski definition) is 3. The standard InChI is InChI=1S/C20H22N4O3S/c1-21-28(26,27)12-14-4-2-13(3-5-14)10-16-11-18(24-20(25)15-6-7-15)23-19-17(16)8-9-22-19/h2-5,8-9,11,15,21H,6-7,10,12H2,1H3,(H2,22,23,24,25). The molecule has 1 aromatic carbocycles. The third-order valence-electron chi connectivity index (χ3n) is 4.90. The number of hydrogen-bond acceptors (Lipinski definition) is 4. The number of benzene rings is 1. The van der Waals surface area contributed by atoms with Gasteiger partial charge in [0.15, 0.2) is 0 Å². The van der Waals surface area contributed by atoms with Crippen LogP contribution >= 0.6 is 0 Å². The van der Waals surface area contributed by atoms with Crippen molar-refractivity contribution in [1.29, 1.82) is 0 Å². The number of anilines is 1. The van der Waals surface area contributed by atoms with Crippen molar-refractivity contribution in [3.05, 3.63) is 59.3 Å². The molecule has 146 valence electrons. The number of H-pyrrole nitrogens is 1. The van der Waals surface area contributed by atoms with Crippen molar-refractivity contribution in [2.45, 2.75) is 25.0 Å². The van der Waals surface area contributed by atoms with E-state index >= 15 is 0 Å². The van der Waals surface area contributed by atoms with Gasteiger partial charge in [0.05, 0.1) is 5.75 Å². The van der Waals surface area contributed by atoms with E-state index < -0.39 is 10.0 Å². The Kier molecular flexibility index (Phi) is 4.91. The summed E-state index contributed by atoms with van der Waals surface area (Å²) in [6.07, 6.45) is 4.37. The molecule has 1 aliphatic rings. The van der Waals surface area contributed by atoms with E-state index in [1.54, 1.807) is 0 Å². The van der Waals surface area contributed by atoms with E-state index in [0.717, 1.165) is 40.6 Å². The second-order valence-corrected chi connectivity index (χ2v) is 9.05. The molecule has 1 aliphatic carbocycles. The molecule has 0 atom stereocenters. The maximum Gasteiger partial charge on any atom is 0.228 e. The summed E-state index contributed by atoms with van der Waals surface area (Å²) in [5.41, 5.74) is 3.57. The molecule has 4 rings (SSSR count). The van der Waals surface area contributed by atoms with Gasteiger partial charge < -0.3 is 10.3 Å². The van der Waals surface area contributed by atoms with Crippen molar-refractivity contribution in [2.24, 2.45) is 5.92 Å². The average molecular weight is 398 g/mol. The van der Waals surface area contributed by atoms with E-state index in [2.05, 4.69) is 20.0 Å². The van der Waals surface area contributed by atoms with Crippen LogP contribution in [0.3, 0.4) is 0 Å². The highest BCUT2D eigenvalue weighted by Gasteiger charge is 2.30. The van der Waals surface area contributed by atoms with Crippen molar-refractivity contribution < 1.29 is 13.2 Å². The SMILES string of the molecule is CNS(=O)(=O)Cc1ccc(Cc2cc(NC(=O)C3CC3)nc3[nH]ccc23)cc1. The Hall–Kier alpha value is -2.71. The summed E-state index contributed by atoms with van der Waals surface area (Å²) >= 11 is 0. The molecule has 0 aliphatic heterocycles. The quantitative estimate of drug-likeness (QED) is 0.569. The molecule has 1 saturated carbocycles. The fourth-order valence-corrected chi connectivity index (χ4v) is 3.93. The lowest BCUT2D eigenvalue weighted by atomic mass is 10.0. The van der Waals surface area contributed by atoms with Gasteiger partial charge in [0, 0.05) is 17.5 Å². The minimum absolute atomic E-state index is 0.0273. The first-order valence-electron chi connectivity index (χ1n) is 9.20. The van der Waals surface area contributed by atoms with Crippen LogP contribution in [0.25, 0.3) is 11.0 Å². The summed E-state index contributed by atoms with van der Waals surface area (Å²) in [6.45, 7) is 0. The summed E-state index contributed by atoms with van der Waals surface area (Å²) in [4.78, 5) is 19.7. The predicted octanol–water partition coefficient (Wildman–Crippen LogP) is 2.55. The fourth-order valence-electron chi connectivity index (χ4n) is 3.16. The first kappa shape index (κ1) is 18.6. The zero-order valence-electron chi connectivity index (χ0n) is 15.5. The first-order chi connectivity index (χ1) is 13.4. The van der Waals surface area contributed by atoms with E-state index in [9.17, 15) is 13.2 Å². The molecule has 7 nitrogen and oxygen atoms in total. The van der Waals surface area contributed by atoms with Crippen LogP contribution in [-0.4, -0.2) is 31.3 Å². The highest BCUT2D eigenvalue weighted by Crippen LogP contribution is 2.30. The molecule has 0 unspecified atom stereocenters. The second-order valence-electron chi connectivity index (χ2n) is 7.13. The minimum atomic E-state index is -3.29. The number of pyridine rings is 1. The Balaban J connectivity index is 1.56. The fraction of sp³-hybridized carbons (Fsp3) is 0.300. The normalized spacial score (nSPS) is 14.3. The lowest BCUT2D eigenvalue weighted by Gasteiger charge is -2.09. The van der Waals surface area contributed by atoms with E-state index in [1.807, 2.05) is 42.6 Å². The molecule has 28 heavy (non-hydrogen) atoms. The third-order valence-corrected chi connectivity index (χ3v) is 6.23. The van der Waals surface area contributed by atoms with Gasteiger partial charge in [-0.3, -0.25) is 4.79 Å². The number of nitrogens with zero attached hydrogens (tertiary/aromatic N) is 1. The first-order valence-corrected chi connectivity index (χ1v) is 10.9. The van der Waals surface area contributed by atoms with Crippen LogP contribution in [0.5, 0.6) is 0 Å². The Bertz CT molecular complexity index is 1120. The number of aromatic nitrogens is 2. The van der Waals surface area contributed by atoms with Gasteiger partial charge in [-0.1, -0.05) is 24.3 Å². The van der Waals surface area contributed by atoms with Crippen LogP contribution in [0.1, 0.15) is 29.5 Å². The van der Waals surface area contributed by atoms with Gasteiger partial charge in [0.1, 0.15) is 11.5 Å². The summed E-state index contributed by atoms with van der Waals surface area (Å²) < 4.78 is 25.7. The van der Waals surface area contributed by atoms with E-state index in [-0.39, 0.29) is 17.6 Å². The molecule has 3 N–H and O–H groups in total. The average Bonchev–Trinajstić information content (AvgIpc) is 3.41. The van der Waals surface area contributed by atoms with Crippen LogP contribution in [0.2, 0.25) is 0 Å². The van der Waals surface area contributed by atoms with Crippen molar-refractivity contribution in [2.75, 3.05) is 12.4 Å². The molecule has 3 aromatic rings. The summed E-state index contributed by atoms with van der Waals surface area (Å²) in [6, 6.07) is 11.4. The zero-order valence-corrected chi connectivity index (χ0v) is 16.3. The number of amides is 1. The predicted molar refractivity (Wildman–Crippen MR) is 108 cm³/mol. The highest BCUT2D eigenvalue weighted by atomic mass is 32.2.